The Labute approximate surface area is 121 Å². The third-order valence-corrected chi connectivity index (χ3v) is 4.40. The molecule has 2 aliphatic heterocycles. The first-order valence-corrected chi connectivity index (χ1v) is 7.18. The van der Waals surface area contributed by atoms with E-state index in [-0.39, 0.29) is 23.8 Å². The van der Waals surface area contributed by atoms with Gasteiger partial charge in [-0.05, 0) is 44.0 Å². The van der Waals surface area contributed by atoms with Crippen LogP contribution in [0, 0.1) is 5.82 Å². The van der Waals surface area contributed by atoms with E-state index < -0.39 is 0 Å². The van der Waals surface area contributed by atoms with Crippen molar-refractivity contribution in [2.75, 3.05) is 6.54 Å². The Morgan fingerprint density at radius 3 is 2.76 bits per heavy atom. The Hall–Kier alpha value is -2.24. The highest BCUT2D eigenvalue weighted by atomic mass is 19.1. The normalized spacial score (nSPS) is 24.1. The molecule has 5 nitrogen and oxygen atoms in total. The highest BCUT2D eigenvalue weighted by Crippen LogP contribution is 2.40. The third-order valence-electron chi connectivity index (χ3n) is 4.40. The van der Waals surface area contributed by atoms with E-state index in [4.69, 9.17) is 0 Å². The van der Waals surface area contributed by atoms with Crippen LogP contribution in [0.3, 0.4) is 0 Å². The number of carbonyl (C=O) groups is 1. The molecule has 0 bridgehead atoms. The number of aromatic nitrogens is 3. The Morgan fingerprint density at radius 1 is 1.24 bits per heavy atom. The van der Waals surface area contributed by atoms with Crippen molar-refractivity contribution in [1.82, 2.24) is 19.7 Å². The quantitative estimate of drug-likeness (QED) is 0.808. The standard InChI is InChI=1S/C15H15FN4O/c1-9-15(21)19-8-2-3-12(19)14-18-17-13(20(9)14)10-4-6-11(16)7-5-10/h4-7,9,12H,2-3,8H2,1H3/t9-,12+/m0/s1. The molecule has 0 unspecified atom stereocenters. The summed E-state index contributed by atoms with van der Waals surface area (Å²) in [5.41, 5.74) is 0.779. The molecule has 6 heteroatoms. The predicted molar refractivity (Wildman–Crippen MR) is 73.8 cm³/mol. The van der Waals surface area contributed by atoms with Crippen LogP contribution < -0.4 is 0 Å². The molecule has 108 valence electrons. The van der Waals surface area contributed by atoms with E-state index >= 15 is 0 Å². The van der Waals surface area contributed by atoms with Gasteiger partial charge in [0.15, 0.2) is 11.6 Å². The van der Waals surface area contributed by atoms with Crippen LogP contribution in [0.4, 0.5) is 4.39 Å². The molecule has 1 aromatic carbocycles. The minimum Gasteiger partial charge on any atom is -0.331 e. The zero-order chi connectivity index (χ0) is 14.6. The van der Waals surface area contributed by atoms with Gasteiger partial charge in [-0.2, -0.15) is 0 Å². The molecule has 0 radical (unpaired) electrons. The fourth-order valence-corrected chi connectivity index (χ4v) is 3.36. The number of benzene rings is 1. The second-order valence-electron chi connectivity index (χ2n) is 5.62. The van der Waals surface area contributed by atoms with Crippen molar-refractivity contribution < 1.29 is 9.18 Å². The monoisotopic (exact) mass is 286 g/mol. The zero-order valence-electron chi connectivity index (χ0n) is 11.7. The van der Waals surface area contributed by atoms with Crippen molar-refractivity contribution in [1.29, 1.82) is 0 Å². The molecule has 2 aliphatic rings. The van der Waals surface area contributed by atoms with Gasteiger partial charge >= 0.3 is 0 Å². The van der Waals surface area contributed by atoms with E-state index in [0.717, 1.165) is 30.8 Å². The van der Waals surface area contributed by atoms with Crippen molar-refractivity contribution in [3.05, 3.63) is 35.9 Å². The molecule has 1 fully saturated rings. The maximum atomic E-state index is 13.1. The number of hydrogen-bond acceptors (Lipinski definition) is 3. The molecule has 0 saturated carbocycles. The second-order valence-corrected chi connectivity index (χ2v) is 5.62. The summed E-state index contributed by atoms with van der Waals surface area (Å²) >= 11 is 0. The Morgan fingerprint density at radius 2 is 2.00 bits per heavy atom. The fourth-order valence-electron chi connectivity index (χ4n) is 3.36. The molecule has 2 aromatic rings. The molecule has 2 atom stereocenters. The summed E-state index contributed by atoms with van der Waals surface area (Å²) in [6, 6.07) is 5.86. The summed E-state index contributed by atoms with van der Waals surface area (Å²) in [6.45, 7) is 2.67. The van der Waals surface area contributed by atoms with Gasteiger partial charge in [-0.3, -0.25) is 9.36 Å². The van der Waals surface area contributed by atoms with Crippen LogP contribution >= 0.6 is 0 Å². The van der Waals surface area contributed by atoms with Gasteiger partial charge in [-0.15, -0.1) is 10.2 Å². The number of halogens is 1. The highest BCUT2D eigenvalue weighted by molar-refractivity contribution is 5.83. The van der Waals surface area contributed by atoms with Gasteiger partial charge in [-0.1, -0.05) is 0 Å². The molecule has 0 N–H and O–H groups in total. The lowest BCUT2D eigenvalue weighted by Crippen LogP contribution is -2.42. The lowest BCUT2D eigenvalue weighted by Gasteiger charge is -2.34. The molecule has 21 heavy (non-hydrogen) atoms. The summed E-state index contributed by atoms with van der Waals surface area (Å²) < 4.78 is 15.0. The minimum absolute atomic E-state index is 0.0374. The van der Waals surface area contributed by atoms with E-state index in [0.29, 0.717) is 5.82 Å². The van der Waals surface area contributed by atoms with E-state index in [1.165, 1.54) is 12.1 Å². The average molecular weight is 286 g/mol. The molecular formula is C15H15FN4O. The summed E-state index contributed by atoms with van der Waals surface area (Å²) in [5.74, 6) is 1.31. The molecule has 1 amide bonds. The number of nitrogens with zero attached hydrogens (tertiary/aromatic N) is 4. The van der Waals surface area contributed by atoms with Gasteiger partial charge in [-0.25, -0.2) is 4.39 Å². The van der Waals surface area contributed by atoms with Gasteiger partial charge in [0.1, 0.15) is 11.9 Å². The molecule has 3 heterocycles. The SMILES string of the molecule is C[C@H]1C(=O)N2CCC[C@@H]2c2nnc(-c3ccc(F)cc3)n21. The average Bonchev–Trinajstić information content (AvgIpc) is 3.12. The number of hydrogen-bond donors (Lipinski definition) is 0. The van der Waals surface area contributed by atoms with Gasteiger partial charge in [0.25, 0.3) is 0 Å². The van der Waals surface area contributed by atoms with Gasteiger partial charge < -0.3 is 4.90 Å². The van der Waals surface area contributed by atoms with Crippen LogP contribution in [0.1, 0.15) is 37.7 Å². The fraction of sp³-hybridized carbons (Fsp3) is 0.400. The number of rotatable bonds is 1. The maximum absolute atomic E-state index is 13.1. The number of amides is 1. The Kier molecular flexibility index (Phi) is 2.60. The summed E-state index contributed by atoms with van der Waals surface area (Å²) in [5, 5.41) is 8.56. The topological polar surface area (TPSA) is 51.0 Å². The Balaban J connectivity index is 1.86. The van der Waals surface area contributed by atoms with Crippen molar-refractivity contribution in [3.63, 3.8) is 0 Å². The number of fused-ring (bicyclic) bond motifs is 3. The third kappa shape index (κ3) is 1.71. The molecule has 4 rings (SSSR count). The van der Waals surface area contributed by atoms with Crippen LogP contribution in [0.25, 0.3) is 11.4 Å². The molecule has 1 saturated heterocycles. The Bertz CT molecular complexity index is 709. The summed E-state index contributed by atoms with van der Waals surface area (Å²) in [4.78, 5) is 14.4. The van der Waals surface area contributed by atoms with Gasteiger partial charge in [0, 0.05) is 12.1 Å². The van der Waals surface area contributed by atoms with Crippen LogP contribution in [0.5, 0.6) is 0 Å². The van der Waals surface area contributed by atoms with E-state index in [1.54, 1.807) is 12.1 Å². The van der Waals surface area contributed by atoms with Crippen LogP contribution in [-0.4, -0.2) is 32.1 Å². The van der Waals surface area contributed by atoms with E-state index in [2.05, 4.69) is 10.2 Å². The first-order chi connectivity index (χ1) is 10.2. The van der Waals surface area contributed by atoms with Crippen molar-refractivity contribution in [2.45, 2.75) is 31.8 Å². The van der Waals surface area contributed by atoms with Crippen molar-refractivity contribution >= 4 is 5.91 Å². The molecule has 0 aliphatic carbocycles. The van der Waals surface area contributed by atoms with Crippen molar-refractivity contribution in [2.24, 2.45) is 0 Å². The lowest BCUT2D eigenvalue weighted by atomic mass is 10.1. The second kappa shape index (κ2) is 4.38. The van der Waals surface area contributed by atoms with E-state index in [1.807, 2.05) is 16.4 Å². The summed E-state index contributed by atoms with van der Waals surface area (Å²) in [7, 11) is 0. The predicted octanol–water partition coefficient (Wildman–Crippen LogP) is 2.32. The first kappa shape index (κ1) is 12.5. The van der Waals surface area contributed by atoms with Crippen LogP contribution in [0.2, 0.25) is 0 Å². The highest BCUT2D eigenvalue weighted by Gasteiger charge is 2.42. The minimum atomic E-state index is -0.315. The van der Waals surface area contributed by atoms with Gasteiger partial charge in [0.05, 0.1) is 6.04 Å². The largest absolute Gasteiger partial charge is 0.331 e. The maximum Gasteiger partial charge on any atom is 0.246 e. The zero-order valence-corrected chi connectivity index (χ0v) is 11.7. The van der Waals surface area contributed by atoms with Gasteiger partial charge in [0.2, 0.25) is 5.91 Å². The van der Waals surface area contributed by atoms with Crippen LogP contribution in [-0.2, 0) is 4.79 Å². The first-order valence-electron chi connectivity index (χ1n) is 7.18. The van der Waals surface area contributed by atoms with E-state index in [9.17, 15) is 9.18 Å². The smallest absolute Gasteiger partial charge is 0.246 e. The molecule has 0 spiro atoms. The summed E-state index contributed by atoms with van der Waals surface area (Å²) in [6.07, 6.45) is 1.93. The van der Waals surface area contributed by atoms with Crippen molar-refractivity contribution in [3.8, 4) is 11.4 Å². The molecule has 1 aromatic heterocycles. The number of carbonyl (C=O) groups excluding carboxylic acids is 1. The van der Waals surface area contributed by atoms with Crippen LogP contribution in [0.15, 0.2) is 24.3 Å². The molecular weight excluding hydrogens is 271 g/mol. The lowest BCUT2D eigenvalue weighted by molar-refractivity contribution is -0.137.